The van der Waals surface area contributed by atoms with E-state index in [1.54, 1.807) is 11.0 Å². The maximum atomic E-state index is 12.2. The zero-order chi connectivity index (χ0) is 17.5. The normalized spacial score (nSPS) is 20.7. The van der Waals surface area contributed by atoms with Gasteiger partial charge in [0.25, 0.3) is 0 Å². The fourth-order valence-corrected chi connectivity index (χ4v) is 3.30. The van der Waals surface area contributed by atoms with Crippen LogP contribution in [-0.2, 0) is 6.54 Å². The smallest absolute Gasteiger partial charge is 0.315 e. The molecule has 0 spiro atoms. The highest BCUT2D eigenvalue weighted by molar-refractivity contribution is 5.74. The van der Waals surface area contributed by atoms with Crippen molar-refractivity contribution in [1.82, 2.24) is 25.4 Å². The topological polar surface area (TPSA) is 92.1 Å². The Balaban J connectivity index is 1.50. The Morgan fingerprint density at radius 3 is 2.72 bits per heavy atom. The van der Waals surface area contributed by atoms with Crippen LogP contribution >= 0.6 is 0 Å². The molecule has 1 aliphatic rings. The summed E-state index contributed by atoms with van der Waals surface area (Å²) in [4.78, 5) is 16.1. The van der Waals surface area contributed by atoms with Gasteiger partial charge in [-0.15, -0.1) is 0 Å². The summed E-state index contributed by atoms with van der Waals surface area (Å²) in [5.41, 5.74) is 1.94. The Morgan fingerprint density at radius 2 is 2.00 bits per heavy atom. The predicted molar refractivity (Wildman–Crippen MR) is 94.2 cm³/mol. The molecule has 7 heteroatoms. The first-order chi connectivity index (χ1) is 12.3. The van der Waals surface area contributed by atoms with Crippen molar-refractivity contribution in [2.75, 3.05) is 6.61 Å². The van der Waals surface area contributed by atoms with E-state index in [-0.39, 0.29) is 24.6 Å². The molecule has 2 unspecified atom stereocenters. The van der Waals surface area contributed by atoms with Crippen molar-refractivity contribution in [3.63, 3.8) is 0 Å². The van der Waals surface area contributed by atoms with Crippen LogP contribution in [0.5, 0.6) is 0 Å². The summed E-state index contributed by atoms with van der Waals surface area (Å²) in [5.74, 6) is 0.162. The molecule has 134 valence electrons. The third-order valence-electron chi connectivity index (χ3n) is 4.78. The van der Waals surface area contributed by atoms with Crippen molar-refractivity contribution in [1.29, 1.82) is 0 Å². The van der Waals surface area contributed by atoms with Crippen molar-refractivity contribution in [3.05, 3.63) is 42.5 Å². The summed E-state index contributed by atoms with van der Waals surface area (Å²) in [6.07, 6.45) is 8.46. The molecule has 2 amide bonds. The number of amides is 2. The SMILES string of the molecule is O=C(NCc1ccc(-n2cncn2)cc1)NC1CCCCCC1CO. The van der Waals surface area contributed by atoms with Crippen LogP contribution in [0.1, 0.15) is 37.7 Å². The van der Waals surface area contributed by atoms with E-state index in [1.807, 2.05) is 24.3 Å². The minimum absolute atomic E-state index is 0.0576. The Kier molecular flexibility index (Phi) is 6.00. The molecule has 1 aromatic carbocycles. The number of carbonyl (C=O) groups excluding carboxylic acids is 1. The van der Waals surface area contributed by atoms with Gasteiger partial charge in [0.2, 0.25) is 0 Å². The van der Waals surface area contributed by atoms with Crippen molar-refractivity contribution < 1.29 is 9.90 Å². The lowest BCUT2D eigenvalue weighted by Crippen LogP contribution is -2.45. The number of aliphatic hydroxyl groups excluding tert-OH is 1. The highest BCUT2D eigenvalue weighted by Crippen LogP contribution is 2.23. The molecule has 0 aliphatic heterocycles. The van der Waals surface area contributed by atoms with E-state index >= 15 is 0 Å². The Morgan fingerprint density at radius 1 is 1.20 bits per heavy atom. The molecule has 1 fully saturated rings. The molecular weight excluding hydrogens is 318 g/mol. The van der Waals surface area contributed by atoms with Crippen LogP contribution in [0.3, 0.4) is 0 Å². The van der Waals surface area contributed by atoms with Gasteiger partial charge >= 0.3 is 6.03 Å². The van der Waals surface area contributed by atoms with Crippen LogP contribution in [0.15, 0.2) is 36.9 Å². The first-order valence-electron chi connectivity index (χ1n) is 8.85. The van der Waals surface area contributed by atoms with Crippen LogP contribution in [0.25, 0.3) is 5.69 Å². The van der Waals surface area contributed by atoms with Crippen LogP contribution in [0.2, 0.25) is 0 Å². The number of urea groups is 1. The van der Waals surface area contributed by atoms with Gasteiger partial charge in [0.15, 0.2) is 0 Å². The number of hydrogen-bond acceptors (Lipinski definition) is 4. The summed E-state index contributed by atoms with van der Waals surface area (Å²) in [6, 6.07) is 7.68. The van der Waals surface area contributed by atoms with E-state index in [0.717, 1.165) is 36.9 Å². The second-order valence-electron chi connectivity index (χ2n) is 6.52. The van der Waals surface area contributed by atoms with Gasteiger partial charge in [-0.2, -0.15) is 5.10 Å². The van der Waals surface area contributed by atoms with E-state index in [0.29, 0.717) is 6.54 Å². The van der Waals surface area contributed by atoms with Gasteiger partial charge in [0, 0.05) is 25.1 Å². The standard InChI is InChI=1S/C18H25N5O2/c24-11-15-4-2-1-3-5-17(15)22-18(25)20-10-14-6-8-16(9-7-14)23-13-19-12-21-23/h6-9,12-13,15,17,24H,1-5,10-11H2,(H2,20,22,25). The van der Waals surface area contributed by atoms with Gasteiger partial charge in [-0.3, -0.25) is 0 Å². The molecule has 7 nitrogen and oxygen atoms in total. The minimum atomic E-state index is -0.175. The monoisotopic (exact) mass is 343 g/mol. The number of nitrogens with one attached hydrogen (secondary N) is 2. The second-order valence-corrected chi connectivity index (χ2v) is 6.52. The number of benzene rings is 1. The lowest BCUT2D eigenvalue weighted by Gasteiger charge is -2.24. The average Bonchev–Trinajstić information content (AvgIpc) is 3.08. The molecule has 25 heavy (non-hydrogen) atoms. The first-order valence-corrected chi connectivity index (χ1v) is 8.85. The zero-order valence-electron chi connectivity index (χ0n) is 14.3. The van der Waals surface area contributed by atoms with E-state index in [9.17, 15) is 9.90 Å². The summed E-state index contributed by atoms with van der Waals surface area (Å²) in [6.45, 7) is 0.592. The molecular formula is C18H25N5O2. The van der Waals surface area contributed by atoms with E-state index in [2.05, 4.69) is 20.7 Å². The third kappa shape index (κ3) is 4.79. The molecule has 1 heterocycles. The fraction of sp³-hybridized carbons (Fsp3) is 0.500. The van der Waals surface area contributed by atoms with Gasteiger partial charge in [0.1, 0.15) is 12.7 Å². The van der Waals surface area contributed by atoms with Gasteiger partial charge < -0.3 is 15.7 Å². The Bertz CT molecular complexity index is 657. The zero-order valence-corrected chi connectivity index (χ0v) is 14.3. The summed E-state index contributed by atoms with van der Waals surface area (Å²) < 4.78 is 1.69. The molecule has 1 aliphatic carbocycles. The van der Waals surface area contributed by atoms with Crippen molar-refractivity contribution in [2.24, 2.45) is 5.92 Å². The van der Waals surface area contributed by atoms with E-state index in [1.165, 1.54) is 12.7 Å². The summed E-state index contributed by atoms with van der Waals surface area (Å²) in [5, 5.41) is 19.5. The molecule has 0 radical (unpaired) electrons. The third-order valence-corrected chi connectivity index (χ3v) is 4.78. The molecule has 3 rings (SSSR count). The fourth-order valence-electron chi connectivity index (χ4n) is 3.30. The number of hydrogen-bond donors (Lipinski definition) is 3. The molecule has 2 atom stereocenters. The van der Waals surface area contributed by atoms with Crippen LogP contribution < -0.4 is 10.6 Å². The van der Waals surface area contributed by atoms with Crippen LogP contribution in [0.4, 0.5) is 4.79 Å². The van der Waals surface area contributed by atoms with Crippen LogP contribution in [-0.4, -0.2) is 38.6 Å². The average molecular weight is 343 g/mol. The maximum Gasteiger partial charge on any atom is 0.315 e. The van der Waals surface area contributed by atoms with Gasteiger partial charge in [-0.25, -0.2) is 14.5 Å². The maximum absolute atomic E-state index is 12.2. The highest BCUT2D eigenvalue weighted by atomic mass is 16.3. The minimum Gasteiger partial charge on any atom is -0.396 e. The Hall–Kier alpha value is -2.41. The lowest BCUT2D eigenvalue weighted by atomic mass is 9.96. The Labute approximate surface area is 147 Å². The van der Waals surface area contributed by atoms with Crippen molar-refractivity contribution >= 4 is 6.03 Å². The van der Waals surface area contributed by atoms with Gasteiger partial charge in [-0.05, 0) is 30.5 Å². The molecule has 0 bridgehead atoms. The summed E-state index contributed by atoms with van der Waals surface area (Å²) in [7, 11) is 0. The molecule has 1 aromatic heterocycles. The van der Waals surface area contributed by atoms with E-state index in [4.69, 9.17) is 0 Å². The highest BCUT2D eigenvalue weighted by Gasteiger charge is 2.24. The van der Waals surface area contributed by atoms with Gasteiger partial charge in [0.05, 0.1) is 5.69 Å². The first kappa shape index (κ1) is 17.4. The van der Waals surface area contributed by atoms with E-state index < -0.39 is 0 Å². The molecule has 2 aromatic rings. The number of carbonyl (C=O) groups is 1. The number of nitrogens with zero attached hydrogens (tertiary/aromatic N) is 3. The molecule has 0 saturated heterocycles. The van der Waals surface area contributed by atoms with Crippen molar-refractivity contribution in [3.8, 4) is 5.69 Å². The quantitative estimate of drug-likeness (QED) is 0.724. The second kappa shape index (κ2) is 8.62. The molecule has 1 saturated carbocycles. The van der Waals surface area contributed by atoms with Crippen LogP contribution in [0, 0.1) is 5.92 Å². The molecule has 3 N–H and O–H groups in total. The number of rotatable bonds is 5. The predicted octanol–water partition coefficient (Wildman–Crippen LogP) is 2.01. The van der Waals surface area contributed by atoms with Crippen molar-refractivity contribution in [2.45, 2.75) is 44.7 Å². The van der Waals surface area contributed by atoms with Gasteiger partial charge in [-0.1, -0.05) is 31.4 Å². The lowest BCUT2D eigenvalue weighted by molar-refractivity contribution is 0.179. The number of aliphatic hydroxyl groups is 1. The number of aromatic nitrogens is 3. The largest absolute Gasteiger partial charge is 0.396 e. The summed E-state index contributed by atoms with van der Waals surface area (Å²) >= 11 is 0.